The van der Waals surface area contributed by atoms with Crippen molar-refractivity contribution in [3.63, 3.8) is 0 Å². The van der Waals surface area contributed by atoms with Crippen molar-refractivity contribution in [1.29, 1.82) is 0 Å². The number of fused-ring (bicyclic) bond motifs is 3. The fourth-order valence-corrected chi connectivity index (χ4v) is 4.83. The fourth-order valence-electron chi connectivity index (χ4n) is 4.83. The van der Waals surface area contributed by atoms with Crippen LogP contribution in [-0.4, -0.2) is 38.0 Å². The molecule has 3 aromatic rings. The van der Waals surface area contributed by atoms with Gasteiger partial charge in [-0.15, -0.1) is 0 Å². The molecule has 0 spiro atoms. The summed E-state index contributed by atoms with van der Waals surface area (Å²) in [5, 5.41) is 22.0. The largest absolute Gasteiger partial charge is 0.481 e. The second-order valence-corrected chi connectivity index (χ2v) is 8.35. The van der Waals surface area contributed by atoms with Crippen LogP contribution in [0.2, 0.25) is 0 Å². The lowest BCUT2D eigenvalue weighted by atomic mass is 9.88. The number of carboxylic acids is 1. The molecule has 4 rings (SSSR count). The third-order valence-corrected chi connectivity index (χ3v) is 6.43. The number of benzene rings is 2. The number of aliphatic carboxylic acids is 1. The van der Waals surface area contributed by atoms with Gasteiger partial charge in [0.2, 0.25) is 5.60 Å². The molecule has 1 aliphatic heterocycles. The Labute approximate surface area is 193 Å². The van der Waals surface area contributed by atoms with E-state index in [9.17, 15) is 28.2 Å². The van der Waals surface area contributed by atoms with Crippen molar-refractivity contribution < 1.29 is 28.2 Å². The van der Waals surface area contributed by atoms with Gasteiger partial charge in [0, 0.05) is 29.3 Å². The number of hydrazine groups is 1. The van der Waals surface area contributed by atoms with Gasteiger partial charge in [0.1, 0.15) is 0 Å². The Bertz CT molecular complexity index is 1240. The van der Waals surface area contributed by atoms with Gasteiger partial charge in [0.15, 0.2) is 0 Å². The van der Waals surface area contributed by atoms with E-state index in [-0.39, 0.29) is 13.0 Å². The summed E-state index contributed by atoms with van der Waals surface area (Å²) in [6, 6.07) is 13.3. The van der Waals surface area contributed by atoms with Gasteiger partial charge >= 0.3 is 12.1 Å². The van der Waals surface area contributed by atoms with Gasteiger partial charge in [-0.2, -0.15) is 13.2 Å². The highest BCUT2D eigenvalue weighted by atomic mass is 19.4. The summed E-state index contributed by atoms with van der Waals surface area (Å²) in [5.74, 6) is 5.27. The molecule has 1 aromatic heterocycles. The molecule has 0 radical (unpaired) electrons. The van der Waals surface area contributed by atoms with Gasteiger partial charge in [-0.1, -0.05) is 48.5 Å². The molecule has 2 atom stereocenters. The van der Waals surface area contributed by atoms with Gasteiger partial charge < -0.3 is 25.5 Å². The van der Waals surface area contributed by atoms with Gasteiger partial charge in [-0.3, -0.25) is 4.79 Å². The lowest BCUT2D eigenvalue weighted by Gasteiger charge is -2.42. The molecule has 0 aliphatic carbocycles. The number of carbonyl (C=O) groups is 1. The fraction of sp³-hybridized carbons (Fsp3) is 0.292. The summed E-state index contributed by atoms with van der Waals surface area (Å²) in [4.78, 5) is 11.4. The number of carboxylic acid groups (broad SMARTS) is 1. The minimum absolute atomic E-state index is 0.157. The number of alkyl halides is 3. The topological polar surface area (TPSA) is 118 Å². The van der Waals surface area contributed by atoms with E-state index in [1.165, 1.54) is 24.3 Å². The first-order chi connectivity index (χ1) is 16.1. The highest BCUT2D eigenvalue weighted by molar-refractivity contribution is 5.89. The predicted molar refractivity (Wildman–Crippen MR) is 120 cm³/mol. The Kier molecular flexibility index (Phi) is 6.05. The number of halogens is 3. The van der Waals surface area contributed by atoms with Crippen LogP contribution < -0.4 is 11.6 Å². The average Bonchev–Trinajstić information content (AvgIpc) is 3.11. The number of nitrogens with zero attached hydrogens (tertiary/aromatic N) is 2. The van der Waals surface area contributed by atoms with Crippen molar-refractivity contribution in [3.8, 4) is 0 Å². The van der Waals surface area contributed by atoms with Gasteiger partial charge in [-0.05, 0) is 30.0 Å². The Morgan fingerprint density at radius 1 is 1.15 bits per heavy atom. The van der Waals surface area contributed by atoms with Crippen LogP contribution in [-0.2, 0) is 29.8 Å². The first-order valence-electron chi connectivity index (χ1n) is 10.7. The molecule has 6 N–H and O–H groups in total. The van der Waals surface area contributed by atoms with Crippen LogP contribution in [0.4, 0.5) is 13.2 Å². The third-order valence-electron chi connectivity index (χ3n) is 6.43. The summed E-state index contributed by atoms with van der Waals surface area (Å²) in [5.41, 5.74) is 3.42. The molecular formula is C24H25F3N4O3. The quantitative estimate of drug-likeness (QED) is 0.322. The van der Waals surface area contributed by atoms with E-state index in [4.69, 9.17) is 11.6 Å². The molecule has 2 heterocycles. The Balaban J connectivity index is 1.74. The highest BCUT2D eigenvalue weighted by Crippen LogP contribution is 2.45. The first kappa shape index (κ1) is 23.7. The number of aromatic nitrogens is 1. The summed E-state index contributed by atoms with van der Waals surface area (Å²) in [7, 11) is 0. The molecule has 10 heteroatoms. The van der Waals surface area contributed by atoms with Gasteiger partial charge in [0.05, 0.1) is 18.2 Å². The number of rotatable bonds is 6. The van der Waals surface area contributed by atoms with Crippen molar-refractivity contribution in [2.45, 2.75) is 43.6 Å². The highest BCUT2D eigenvalue weighted by Gasteiger charge is 2.59. The third kappa shape index (κ3) is 3.78. The zero-order valence-electron chi connectivity index (χ0n) is 18.2. The van der Waals surface area contributed by atoms with E-state index in [0.717, 1.165) is 21.6 Å². The zero-order valence-corrected chi connectivity index (χ0v) is 18.2. The Morgan fingerprint density at radius 2 is 1.79 bits per heavy atom. The summed E-state index contributed by atoms with van der Waals surface area (Å²) in [6.07, 6.45) is -3.80. The van der Waals surface area contributed by atoms with Crippen molar-refractivity contribution in [2.24, 2.45) is 11.6 Å². The van der Waals surface area contributed by atoms with Gasteiger partial charge in [-0.25, -0.2) is 5.84 Å². The molecular weight excluding hydrogens is 449 g/mol. The maximum absolute atomic E-state index is 14.2. The lowest BCUT2D eigenvalue weighted by molar-refractivity contribution is -0.257. The van der Waals surface area contributed by atoms with Crippen LogP contribution >= 0.6 is 0 Å². The van der Waals surface area contributed by atoms with Crippen LogP contribution in [0.25, 0.3) is 10.9 Å². The average molecular weight is 474 g/mol. The maximum Gasteiger partial charge on any atom is 0.427 e. The number of hydrogen-bond donors (Lipinski definition) is 4. The van der Waals surface area contributed by atoms with E-state index in [1.807, 2.05) is 28.8 Å². The van der Waals surface area contributed by atoms with Crippen LogP contribution in [0, 0.1) is 0 Å². The van der Waals surface area contributed by atoms with E-state index in [1.54, 1.807) is 6.07 Å². The molecule has 2 unspecified atom stereocenters. The molecule has 0 bridgehead atoms. The second-order valence-electron chi connectivity index (χ2n) is 8.35. The number of para-hydroxylation sites is 1. The van der Waals surface area contributed by atoms with E-state index in [2.05, 4.69) is 0 Å². The zero-order chi connectivity index (χ0) is 24.7. The number of aliphatic hydroxyl groups is 1. The predicted octanol–water partition coefficient (Wildman–Crippen LogP) is 3.01. The van der Waals surface area contributed by atoms with Crippen molar-refractivity contribution in [3.05, 3.63) is 83.3 Å². The molecule has 7 nitrogen and oxygen atoms in total. The lowest BCUT2D eigenvalue weighted by Crippen LogP contribution is -2.55. The molecule has 0 amide bonds. The van der Waals surface area contributed by atoms with Crippen molar-refractivity contribution in [1.82, 2.24) is 9.58 Å². The van der Waals surface area contributed by atoms with Crippen LogP contribution in [0.1, 0.15) is 23.2 Å². The molecule has 180 valence electrons. The van der Waals surface area contributed by atoms with Crippen LogP contribution in [0.15, 0.2) is 66.5 Å². The Hall–Kier alpha value is -3.50. The minimum Gasteiger partial charge on any atom is -0.481 e. The molecule has 2 aromatic carbocycles. The van der Waals surface area contributed by atoms with E-state index in [0.29, 0.717) is 24.6 Å². The van der Waals surface area contributed by atoms with Crippen LogP contribution in [0.3, 0.4) is 0 Å². The first-order valence-corrected chi connectivity index (χ1v) is 10.7. The minimum atomic E-state index is -5.09. The maximum atomic E-state index is 14.2. The summed E-state index contributed by atoms with van der Waals surface area (Å²) >= 11 is 0. The monoisotopic (exact) mass is 474 g/mol. The summed E-state index contributed by atoms with van der Waals surface area (Å²) < 4.78 is 44.6. The SMILES string of the molecule is N/C=C(\N(N)C1CCc2c(CC(=O)O)c3ccccc3n2C1)C(O)(c1ccccc1)C(F)(F)F. The molecule has 1 aliphatic rings. The van der Waals surface area contributed by atoms with Crippen molar-refractivity contribution in [2.75, 3.05) is 0 Å². The van der Waals surface area contributed by atoms with Crippen molar-refractivity contribution >= 4 is 16.9 Å². The van der Waals surface area contributed by atoms with E-state index >= 15 is 0 Å². The standard InChI is InChI=1S/C24H25F3N4O3/c25-24(26,27)23(34,15-6-2-1-3-7-15)21(13-28)31(29)16-10-11-20-18(12-22(32)33)17-8-4-5-9-19(17)30(20)14-16/h1-9,13,16,34H,10-12,14,28-29H2,(H,32,33)/b21-13-. The summed E-state index contributed by atoms with van der Waals surface area (Å²) in [6.45, 7) is 0.200. The molecule has 34 heavy (non-hydrogen) atoms. The van der Waals surface area contributed by atoms with Gasteiger partial charge in [0.25, 0.3) is 0 Å². The second kappa shape index (κ2) is 8.69. The van der Waals surface area contributed by atoms with E-state index < -0.39 is 35.0 Å². The molecule has 0 saturated carbocycles. The normalized spacial score (nSPS) is 18.4. The van der Waals surface area contributed by atoms with Crippen LogP contribution in [0.5, 0.6) is 0 Å². The Morgan fingerprint density at radius 3 is 2.41 bits per heavy atom. The number of nitrogens with two attached hydrogens (primary N) is 2. The molecule has 0 fully saturated rings. The smallest absolute Gasteiger partial charge is 0.427 e. The number of hydrogen-bond acceptors (Lipinski definition) is 5. The molecule has 0 saturated heterocycles.